The van der Waals surface area contributed by atoms with Gasteiger partial charge in [0.1, 0.15) is 5.83 Å². The van der Waals surface area contributed by atoms with E-state index in [4.69, 9.17) is 0 Å². The zero-order valence-electron chi connectivity index (χ0n) is 22.2. The maximum absolute atomic E-state index is 14.0. The van der Waals surface area contributed by atoms with Gasteiger partial charge in [0.25, 0.3) is 0 Å². The van der Waals surface area contributed by atoms with Crippen LogP contribution in [0.25, 0.3) is 0 Å². The van der Waals surface area contributed by atoms with Crippen molar-refractivity contribution < 1.29 is 17.6 Å². The highest BCUT2D eigenvalue weighted by molar-refractivity contribution is 5.28. The standard InChI is InChI=1S/C32H46F4/c1-2-3-4-5-23-6-8-24(9-7-23)25-10-12-26(13-11-25)27-14-16-28(17-15-27)29-18-20-30(21-19-29)31(33)22-32(34,35)36/h10-13,22-24,27-30H,2-9,14-21H2,1H3. The van der Waals surface area contributed by atoms with Crippen LogP contribution in [0.1, 0.15) is 133 Å². The van der Waals surface area contributed by atoms with Crippen LogP contribution in [0.5, 0.6) is 0 Å². The average Bonchev–Trinajstić information content (AvgIpc) is 2.89. The molecular weight excluding hydrogens is 460 g/mol. The van der Waals surface area contributed by atoms with Gasteiger partial charge in [-0.3, -0.25) is 0 Å². The van der Waals surface area contributed by atoms with Gasteiger partial charge < -0.3 is 0 Å². The van der Waals surface area contributed by atoms with E-state index in [-0.39, 0.29) is 6.08 Å². The molecule has 0 N–H and O–H groups in total. The van der Waals surface area contributed by atoms with E-state index in [1.807, 2.05) is 0 Å². The Bertz CT molecular complexity index is 800. The predicted octanol–water partition coefficient (Wildman–Crippen LogP) is 11.0. The molecule has 0 spiro atoms. The molecule has 0 unspecified atom stereocenters. The van der Waals surface area contributed by atoms with E-state index in [2.05, 4.69) is 31.2 Å². The molecule has 4 heteroatoms. The molecule has 3 fully saturated rings. The van der Waals surface area contributed by atoms with Crippen LogP contribution in [-0.4, -0.2) is 6.18 Å². The second kappa shape index (κ2) is 13.0. The summed E-state index contributed by atoms with van der Waals surface area (Å²) in [7, 11) is 0. The van der Waals surface area contributed by atoms with Crippen molar-refractivity contribution in [2.75, 3.05) is 0 Å². The Labute approximate surface area is 216 Å². The van der Waals surface area contributed by atoms with Crippen molar-refractivity contribution in [2.24, 2.45) is 23.7 Å². The van der Waals surface area contributed by atoms with Crippen molar-refractivity contribution in [1.29, 1.82) is 0 Å². The maximum Gasteiger partial charge on any atom is 0.412 e. The molecule has 4 rings (SSSR count). The molecule has 1 aromatic rings. The summed E-state index contributed by atoms with van der Waals surface area (Å²) in [6, 6.07) is 9.56. The number of hydrogen-bond acceptors (Lipinski definition) is 0. The third-order valence-corrected chi connectivity index (χ3v) is 9.84. The normalized spacial score (nSPS) is 32.4. The average molecular weight is 507 g/mol. The molecule has 0 aromatic heterocycles. The Morgan fingerprint density at radius 3 is 1.67 bits per heavy atom. The number of halogens is 4. The van der Waals surface area contributed by atoms with Crippen LogP contribution in [0, 0.1) is 23.7 Å². The van der Waals surface area contributed by atoms with Crippen LogP contribution >= 0.6 is 0 Å². The molecule has 0 nitrogen and oxygen atoms in total. The Kier molecular flexibility index (Phi) is 9.98. The first-order valence-electron chi connectivity index (χ1n) is 14.9. The number of unbranched alkanes of at least 4 members (excludes halogenated alkanes) is 2. The summed E-state index contributed by atoms with van der Waals surface area (Å²) in [5.41, 5.74) is 3.01. The first-order chi connectivity index (χ1) is 17.3. The first kappa shape index (κ1) is 27.7. The van der Waals surface area contributed by atoms with Gasteiger partial charge in [0.05, 0.1) is 6.08 Å². The minimum Gasteiger partial charge on any atom is -0.212 e. The van der Waals surface area contributed by atoms with Crippen molar-refractivity contribution in [1.82, 2.24) is 0 Å². The van der Waals surface area contributed by atoms with E-state index in [1.54, 1.807) is 0 Å². The molecule has 202 valence electrons. The van der Waals surface area contributed by atoms with E-state index < -0.39 is 17.9 Å². The fraction of sp³-hybridized carbons (Fsp3) is 0.750. The van der Waals surface area contributed by atoms with Crippen LogP contribution in [0.3, 0.4) is 0 Å². The summed E-state index contributed by atoms with van der Waals surface area (Å²) < 4.78 is 51.4. The molecule has 0 bridgehead atoms. The van der Waals surface area contributed by atoms with Crippen LogP contribution in [0.2, 0.25) is 0 Å². The Morgan fingerprint density at radius 1 is 0.722 bits per heavy atom. The van der Waals surface area contributed by atoms with Gasteiger partial charge in [-0.15, -0.1) is 0 Å². The summed E-state index contributed by atoms with van der Waals surface area (Å²) in [5.74, 6) is 2.04. The van der Waals surface area contributed by atoms with E-state index in [9.17, 15) is 17.6 Å². The molecular formula is C32H46F4. The van der Waals surface area contributed by atoms with Crippen molar-refractivity contribution in [3.8, 4) is 0 Å². The first-order valence-corrected chi connectivity index (χ1v) is 14.9. The lowest BCUT2D eigenvalue weighted by atomic mass is 9.68. The van der Waals surface area contributed by atoms with Gasteiger partial charge in [0.2, 0.25) is 0 Å². The van der Waals surface area contributed by atoms with Crippen molar-refractivity contribution in [3.05, 3.63) is 47.3 Å². The highest BCUT2D eigenvalue weighted by atomic mass is 19.4. The van der Waals surface area contributed by atoms with E-state index in [0.717, 1.165) is 24.7 Å². The molecule has 0 heterocycles. The van der Waals surface area contributed by atoms with Crippen molar-refractivity contribution in [3.63, 3.8) is 0 Å². The molecule has 3 saturated carbocycles. The van der Waals surface area contributed by atoms with Crippen molar-refractivity contribution in [2.45, 2.75) is 128 Å². The zero-order chi connectivity index (χ0) is 25.5. The summed E-state index contributed by atoms with van der Waals surface area (Å²) in [4.78, 5) is 0. The fourth-order valence-electron chi connectivity index (χ4n) is 7.57. The lowest BCUT2D eigenvalue weighted by Gasteiger charge is -2.38. The summed E-state index contributed by atoms with van der Waals surface area (Å²) in [6.07, 6.45) is 14.0. The molecule has 3 aliphatic carbocycles. The van der Waals surface area contributed by atoms with Crippen molar-refractivity contribution >= 4 is 0 Å². The number of alkyl halides is 3. The van der Waals surface area contributed by atoms with E-state index >= 15 is 0 Å². The van der Waals surface area contributed by atoms with E-state index in [1.165, 1.54) is 88.2 Å². The Hall–Kier alpha value is -1.32. The number of benzene rings is 1. The minimum absolute atomic E-state index is 0.131. The third-order valence-electron chi connectivity index (χ3n) is 9.84. The lowest BCUT2D eigenvalue weighted by Crippen LogP contribution is -2.26. The third kappa shape index (κ3) is 7.84. The Morgan fingerprint density at radius 2 is 1.19 bits per heavy atom. The van der Waals surface area contributed by atoms with Crippen LogP contribution in [0.4, 0.5) is 17.6 Å². The van der Waals surface area contributed by atoms with Gasteiger partial charge in [-0.2, -0.15) is 13.2 Å². The zero-order valence-corrected chi connectivity index (χ0v) is 22.2. The second-order valence-electron chi connectivity index (χ2n) is 12.2. The summed E-state index contributed by atoms with van der Waals surface area (Å²) >= 11 is 0. The van der Waals surface area contributed by atoms with Gasteiger partial charge >= 0.3 is 6.18 Å². The van der Waals surface area contributed by atoms with Crippen LogP contribution in [-0.2, 0) is 0 Å². The van der Waals surface area contributed by atoms with Gasteiger partial charge in [0.15, 0.2) is 0 Å². The molecule has 0 amide bonds. The minimum atomic E-state index is -4.55. The van der Waals surface area contributed by atoms with Gasteiger partial charge in [-0.25, -0.2) is 4.39 Å². The molecule has 1 aromatic carbocycles. The molecule has 0 aliphatic heterocycles. The fourth-order valence-corrected chi connectivity index (χ4v) is 7.57. The SMILES string of the molecule is CCCCCC1CCC(c2ccc(C3CCC(C4CCC(C(F)=CC(F)(F)F)CC4)CC3)cc2)CC1. The van der Waals surface area contributed by atoms with E-state index in [0.29, 0.717) is 30.6 Å². The smallest absolute Gasteiger partial charge is 0.212 e. The molecule has 0 saturated heterocycles. The molecule has 0 atom stereocenters. The summed E-state index contributed by atoms with van der Waals surface area (Å²) in [6.45, 7) is 2.28. The largest absolute Gasteiger partial charge is 0.412 e. The van der Waals surface area contributed by atoms with Gasteiger partial charge in [-0.05, 0) is 118 Å². The quantitative estimate of drug-likeness (QED) is 0.243. The lowest BCUT2D eigenvalue weighted by molar-refractivity contribution is -0.0821. The van der Waals surface area contributed by atoms with Gasteiger partial charge in [-0.1, -0.05) is 56.9 Å². The monoisotopic (exact) mass is 506 g/mol. The second-order valence-corrected chi connectivity index (χ2v) is 12.2. The number of hydrogen-bond donors (Lipinski definition) is 0. The summed E-state index contributed by atoms with van der Waals surface area (Å²) in [5, 5.41) is 0. The van der Waals surface area contributed by atoms with Crippen LogP contribution in [0.15, 0.2) is 36.2 Å². The molecule has 3 aliphatic rings. The molecule has 36 heavy (non-hydrogen) atoms. The maximum atomic E-state index is 14.0. The number of allylic oxidation sites excluding steroid dienone is 2. The Balaban J connectivity index is 1.19. The highest BCUT2D eigenvalue weighted by Crippen LogP contribution is 2.46. The predicted molar refractivity (Wildman–Crippen MR) is 141 cm³/mol. The van der Waals surface area contributed by atoms with Gasteiger partial charge in [0, 0.05) is 5.92 Å². The topological polar surface area (TPSA) is 0 Å². The molecule has 0 radical (unpaired) electrons. The van der Waals surface area contributed by atoms with Crippen LogP contribution < -0.4 is 0 Å². The number of rotatable bonds is 8. The highest BCUT2D eigenvalue weighted by Gasteiger charge is 2.34.